The van der Waals surface area contributed by atoms with Crippen LogP contribution in [-0.4, -0.2) is 24.7 Å². The van der Waals surface area contributed by atoms with Gasteiger partial charge in [-0.1, -0.05) is 25.8 Å². The van der Waals surface area contributed by atoms with Crippen LogP contribution < -0.4 is 10.1 Å². The minimum atomic E-state index is -0.236. The molecule has 1 aliphatic rings. The smallest absolute Gasteiger partial charge is 0.255 e. The number of carbonyl (C=O) groups excluding carboxylic acids is 1. The van der Waals surface area contributed by atoms with E-state index in [-0.39, 0.29) is 17.2 Å². The lowest BCUT2D eigenvalue weighted by Gasteiger charge is -2.26. The molecule has 2 N–H and O–H groups in total. The largest absolute Gasteiger partial charge is 0.504 e. The summed E-state index contributed by atoms with van der Waals surface area (Å²) in [5.41, 5.74) is 0.272. The number of phenolic OH excluding ortho intramolecular Hbond substituents is 1. The molecule has 4 nitrogen and oxygen atoms in total. The van der Waals surface area contributed by atoms with Gasteiger partial charge in [0.05, 0.1) is 12.7 Å². The summed E-state index contributed by atoms with van der Waals surface area (Å²) in [5.74, 6) is 1.36. The van der Waals surface area contributed by atoms with Crippen LogP contribution in [0.2, 0.25) is 0 Å². The molecule has 1 fully saturated rings. The van der Waals surface area contributed by atoms with Crippen LogP contribution in [-0.2, 0) is 0 Å². The summed E-state index contributed by atoms with van der Waals surface area (Å²) in [7, 11) is 1.47. The Morgan fingerprint density at radius 2 is 2.05 bits per heavy atom. The van der Waals surface area contributed by atoms with Crippen LogP contribution in [0.4, 0.5) is 0 Å². The number of amides is 1. The first-order valence-corrected chi connectivity index (χ1v) is 7.26. The van der Waals surface area contributed by atoms with Gasteiger partial charge in [0.2, 0.25) is 0 Å². The van der Waals surface area contributed by atoms with E-state index in [0.29, 0.717) is 18.2 Å². The van der Waals surface area contributed by atoms with Gasteiger partial charge in [-0.25, -0.2) is 0 Å². The highest BCUT2D eigenvalue weighted by Gasteiger charge is 2.20. The zero-order valence-corrected chi connectivity index (χ0v) is 12.2. The Balaban J connectivity index is 1.92. The molecule has 1 amide bonds. The van der Waals surface area contributed by atoms with Gasteiger partial charge in [-0.2, -0.15) is 0 Å². The zero-order valence-electron chi connectivity index (χ0n) is 12.2. The Morgan fingerprint density at radius 3 is 2.70 bits per heavy atom. The lowest BCUT2D eigenvalue weighted by atomic mass is 9.83. The van der Waals surface area contributed by atoms with Gasteiger partial charge >= 0.3 is 0 Å². The first kappa shape index (κ1) is 14.7. The highest BCUT2D eigenvalue weighted by molar-refractivity contribution is 5.97. The molecule has 0 aliphatic heterocycles. The predicted molar refractivity (Wildman–Crippen MR) is 78.1 cm³/mol. The van der Waals surface area contributed by atoms with E-state index in [4.69, 9.17) is 4.74 Å². The van der Waals surface area contributed by atoms with Gasteiger partial charge in [0.15, 0.2) is 11.5 Å². The number of carbonyl (C=O) groups is 1. The van der Waals surface area contributed by atoms with Gasteiger partial charge in [0.25, 0.3) is 5.91 Å². The highest BCUT2D eigenvalue weighted by Crippen LogP contribution is 2.30. The lowest BCUT2D eigenvalue weighted by molar-refractivity contribution is 0.0938. The summed E-state index contributed by atoms with van der Waals surface area (Å²) < 4.78 is 5.01. The van der Waals surface area contributed by atoms with Crippen molar-refractivity contribution in [2.75, 3.05) is 13.7 Å². The molecule has 0 aromatic heterocycles. The Bertz CT molecular complexity index is 465. The number of hydrogen-bond acceptors (Lipinski definition) is 3. The van der Waals surface area contributed by atoms with E-state index in [0.717, 1.165) is 5.92 Å². The molecule has 20 heavy (non-hydrogen) atoms. The molecule has 0 atom stereocenters. The number of nitrogens with one attached hydrogen (secondary N) is 1. The molecule has 1 aliphatic carbocycles. The van der Waals surface area contributed by atoms with Gasteiger partial charge in [0.1, 0.15) is 0 Å². The molecule has 0 spiro atoms. The molecule has 0 saturated heterocycles. The fourth-order valence-corrected chi connectivity index (χ4v) is 2.74. The maximum absolute atomic E-state index is 12.1. The van der Waals surface area contributed by atoms with Crippen LogP contribution in [0.5, 0.6) is 11.5 Å². The van der Waals surface area contributed by atoms with Crippen molar-refractivity contribution < 1.29 is 14.6 Å². The normalized spacial score (nSPS) is 22.3. The Hall–Kier alpha value is -1.71. The van der Waals surface area contributed by atoms with E-state index in [1.807, 2.05) is 0 Å². The van der Waals surface area contributed by atoms with Crippen molar-refractivity contribution in [1.82, 2.24) is 5.32 Å². The topological polar surface area (TPSA) is 58.6 Å². The minimum absolute atomic E-state index is 0.0928. The van der Waals surface area contributed by atoms with Gasteiger partial charge < -0.3 is 15.2 Å². The maximum atomic E-state index is 12.1. The van der Waals surface area contributed by atoms with Crippen LogP contribution in [0.3, 0.4) is 0 Å². The van der Waals surface area contributed by atoms with Crippen LogP contribution in [0.1, 0.15) is 43.0 Å². The SMILES string of the molecule is COc1cccc(C(=O)NCC2CCC(C)CC2)c1O. The van der Waals surface area contributed by atoms with Crippen molar-refractivity contribution in [1.29, 1.82) is 0 Å². The molecule has 0 bridgehead atoms. The summed E-state index contributed by atoms with van der Waals surface area (Å²) in [4.78, 5) is 12.1. The minimum Gasteiger partial charge on any atom is -0.504 e. The van der Waals surface area contributed by atoms with Gasteiger partial charge in [0, 0.05) is 6.54 Å². The van der Waals surface area contributed by atoms with Crippen LogP contribution >= 0.6 is 0 Å². The van der Waals surface area contributed by atoms with Gasteiger partial charge in [-0.3, -0.25) is 4.79 Å². The molecule has 0 unspecified atom stereocenters. The van der Waals surface area contributed by atoms with E-state index in [2.05, 4.69) is 12.2 Å². The summed E-state index contributed by atoms with van der Waals surface area (Å²) in [6, 6.07) is 4.94. The van der Waals surface area contributed by atoms with Crippen molar-refractivity contribution in [2.45, 2.75) is 32.6 Å². The van der Waals surface area contributed by atoms with Crippen molar-refractivity contribution in [3.05, 3.63) is 23.8 Å². The number of hydrogen-bond donors (Lipinski definition) is 2. The van der Waals surface area contributed by atoms with Crippen molar-refractivity contribution in [2.24, 2.45) is 11.8 Å². The van der Waals surface area contributed by atoms with Gasteiger partial charge in [-0.05, 0) is 36.8 Å². The first-order valence-electron chi connectivity index (χ1n) is 7.26. The Labute approximate surface area is 120 Å². The molecule has 1 saturated carbocycles. The van der Waals surface area contributed by atoms with Gasteiger partial charge in [-0.15, -0.1) is 0 Å². The van der Waals surface area contributed by atoms with Crippen LogP contribution in [0.15, 0.2) is 18.2 Å². The molecule has 110 valence electrons. The third-order valence-electron chi connectivity index (χ3n) is 4.15. The second-order valence-corrected chi connectivity index (χ2v) is 5.69. The predicted octanol–water partition coefficient (Wildman–Crippen LogP) is 2.96. The average Bonchev–Trinajstić information content (AvgIpc) is 2.46. The second-order valence-electron chi connectivity index (χ2n) is 5.69. The molecule has 0 radical (unpaired) electrons. The first-order chi connectivity index (χ1) is 9.61. The fraction of sp³-hybridized carbons (Fsp3) is 0.562. The van der Waals surface area contributed by atoms with E-state index < -0.39 is 0 Å². The number of benzene rings is 1. The third-order valence-corrected chi connectivity index (χ3v) is 4.15. The Morgan fingerprint density at radius 1 is 1.35 bits per heavy atom. The number of para-hydroxylation sites is 1. The molecule has 4 heteroatoms. The summed E-state index contributed by atoms with van der Waals surface area (Å²) in [6.07, 6.45) is 4.83. The van der Waals surface area contributed by atoms with Crippen LogP contribution in [0.25, 0.3) is 0 Å². The van der Waals surface area contributed by atoms with Crippen LogP contribution in [0, 0.1) is 11.8 Å². The fourth-order valence-electron chi connectivity index (χ4n) is 2.74. The summed E-state index contributed by atoms with van der Waals surface area (Å²) >= 11 is 0. The number of methoxy groups -OCH3 is 1. The molecule has 0 heterocycles. The lowest BCUT2D eigenvalue weighted by Crippen LogP contribution is -2.31. The van der Waals surface area contributed by atoms with Crippen molar-refractivity contribution in [3.8, 4) is 11.5 Å². The van der Waals surface area contributed by atoms with E-state index in [1.165, 1.54) is 32.8 Å². The maximum Gasteiger partial charge on any atom is 0.255 e. The second kappa shape index (κ2) is 6.64. The monoisotopic (exact) mass is 277 g/mol. The molecule has 1 aromatic carbocycles. The average molecular weight is 277 g/mol. The number of rotatable bonds is 4. The molecule has 2 rings (SSSR count). The standard InChI is InChI=1S/C16H23NO3/c1-11-6-8-12(9-7-11)10-17-16(19)13-4-3-5-14(20-2)15(13)18/h3-5,11-12,18H,6-10H2,1-2H3,(H,17,19). The number of ether oxygens (including phenoxy) is 1. The highest BCUT2D eigenvalue weighted by atomic mass is 16.5. The van der Waals surface area contributed by atoms with Crippen molar-refractivity contribution in [3.63, 3.8) is 0 Å². The third kappa shape index (κ3) is 3.44. The quantitative estimate of drug-likeness (QED) is 0.889. The van der Waals surface area contributed by atoms with E-state index in [1.54, 1.807) is 18.2 Å². The summed E-state index contributed by atoms with van der Waals surface area (Å²) in [6.45, 7) is 2.96. The Kier molecular flexibility index (Phi) is 4.88. The molecular weight excluding hydrogens is 254 g/mol. The van der Waals surface area contributed by atoms with E-state index >= 15 is 0 Å². The zero-order chi connectivity index (χ0) is 14.5. The van der Waals surface area contributed by atoms with Crippen molar-refractivity contribution >= 4 is 5.91 Å². The number of phenols is 1. The van der Waals surface area contributed by atoms with E-state index in [9.17, 15) is 9.90 Å². The summed E-state index contributed by atoms with van der Waals surface area (Å²) in [5, 5.41) is 12.9. The molecule has 1 aromatic rings. The number of aromatic hydroxyl groups is 1. The molecular formula is C16H23NO3.